The summed E-state index contributed by atoms with van der Waals surface area (Å²) in [6, 6.07) is 4.53. The lowest BCUT2D eigenvalue weighted by Crippen LogP contribution is -2.19. The molecule has 9 heteroatoms. The van der Waals surface area contributed by atoms with Crippen molar-refractivity contribution in [2.24, 2.45) is 5.73 Å². The van der Waals surface area contributed by atoms with Crippen LogP contribution >= 0.6 is 15.9 Å². The summed E-state index contributed by atoms with van der Waals surface area (Å²) < 4.78 is 1.80. The quantitative estimate of drug-likeness (QED) is 0.731. The molecular weight excluding hydrogens is 342 g/mol. The third kappa shape index (κ3) is 3.86. The van der Waals surface area contributed by atoms with E-state index < -0.39 is 5.97 Å². The molecule has 110 valence electrons. The Labute approximate surface area is 128 Å². The number of carboxylic acid groups (broad SMARTS) is 1. The van der Waals surface area contributed by atoms with Crippen LogP contribution in [-0.4, -0.2) is 32.0 Å². The molecule has 2 aromatic rings. The van der Waals surface area contributed by atoms with Gasteiger partial charge < -0.3 is 16.2 Å². The van der Waals surface area contributed by atoms with Gasteiger partial charge in [0.25, 0.3) is 0 Å². The molecule has 8 nitrogen and oxygen atoms in total. The number of carbonyl (C=O) groups excluding carboxylic acids is 1. The molecule has 0 aliphatic carbocycles. The van der Waals surface area contributed by atoms with Crippen LogP contribution in [0, 0.1) is 0 Å². The van der Waals surface area contributed by atoms with Crippen LogP contribution in [-0.2, 0) is 17.9 Å². The molecule has 0 aliphatic rings. The monoisotopic (exact) mass is 353 g/mol. The van der Waals surface area contributed by atoms with E-state index in [1.807, 2.05) is 0 Å². The van der Waals surface area contributed by atoms with Gasteiger partial charge in [0.05, 0.1) is 17.5 Å². The van der Waals surface area contributed by atoms with Crippen LogP contribution in [0.2, 0.25) is 0 Å². The van der Waals surface area contributed by atoms with E-state index >= 15 is 0 Å². The minimum atomic E-state index is -1.08. The van der Waals surface area contributed by atoms with Gasteiger partial charge in [-0.25, -0.2) is 9.48 Å². The van der Waals surface area contributed by atoms with Gasteiger partial charge >= 0.3 is 5.97 Å². The molecule has 4 N–H and O–H groups in total. The van der Waals surface area contributed by atoms with Crippen molar-refractivity contribution in [1.82, 2.24) is 15.0 Å². The zero-order chi connectivity index (χ0) is 15.4. The lowest BCUT2D eigenvalue weighted by atomic mass is 10.2. The molecule has 0 spiro atoms. The highest BCUT2D eigenvalue weighted by Crippen LogP contribution is 2.21. The number of halogens is 1. The highest BCUT2D eigenvalue weighted by Gasteiger charge is 2.11. The number of aromatic nitrogens is 3. The summed E-state index contributed by atoms with van der Waals surface area (Å²) in [5, 5.41) is 19.1. The molecule has 0 radical (unpaired) electrons. The summed E-state index contributed by atoms with van der Waals surface area (Å²) in [7, 11) is 0. The number of aromatic carboxylic acids is 1. The topological polar surface area (TPSA) is 123 Å². The molecule has 1 aromatic heterocycles. The molecule has 0 unspecified atom stereocenters. The Balaban J connectivity index is 2.05. The summed E-state index contributed by atoms with van der Waals surface area (Å²) in [4.78, 5) is 22.9. The molecule has 0 bridgehead atoms. The fraction of sp³-hybridized carbons (Fsp3) is 0.167. The van der Waals surface area contributed by atoms with E-state index in [-0.39, 0.29) is 24.6 Å². The van der Waals surface area contributed by atoms with Crippen molar-refractivity contribution in [3.63, 3.8) is 0 Å². The van der Waals surface area contributed by atoms with Gasteiger partial charge in [0.1, 0.15) is 6.54 Å². The van der Waals surface area contributed by atoms with Crippen molar-refractivity contribution in [1.29, 1.82) is 0 Å². The molecule has 1 aromatic carbocycles. The molecule has 2 rings (SSSR count). The van der Waals surface area contributed by atoms with Crippen LogP contribution in [0.3, 0.4) is 0 Å². The standard InChI is InChI=1S/C12H12BrN5O3/c13-10-2-1-7(3-9(10)12(20)21)15-11(19)6-18-5-8(4-14)16-17-18/h1-3,5H,4,6,14H2,(H,15,19)(H,20,21). The number of rotatable bonds is 5. The van der Waals surface area contributed by atoms with Crippen molar-refractivity contribution in [2.75, 3.05) is 5.32 Å². The second kappa shape index (κ2) is 6.46. The maximum Gasteiger partial charge on any atom is 0.336 e. The van der Waals surface area contributed by atoms with E-state index in [9.17, 15) is 9.59 Å². The number of benzene rings is 1. The number of carbonyl (C=O) groups is 2. The van der Waals surface area contributed by atoms with Gasteiger partial charge in [-0.15, -0.1) is 5.10 Å². The molecule has 0 saturated carbocycles. The largest absolute Gasteiger partial charge is 0.478 e. The van der Waals surface area contributed by atoms with Crippen LogP contribution in [0.4, 0.5) is 5.69 Å². The van der Waals surface area contributed by atoms with Gasteiger partial charge in [-0.2, -0.15) is 0 Å². The summed E-state index contributed by atoms with van der Waals surface area (Å²) >= 11 is 3.13. The second-order valence-corrected chi connectivity index (χ2v) is 5.01. The van der Waals surface area contributed by atoms with E-state index in [2.05, 4.69) is 31.6 Å². The molecular formula is C12H12BrN5O3. The third-order valence-electron chi connectivity index (χ3n) is 2.58. The fourth-order valence-corrected chi connectivity index (χ4v) is 2.04. The molecule has 0 fully saturated rings. The van der Waals surface area contributed by atoms with E-state index in [1.54, 1.807) is 18.3 Å². The number of nitrogens with two attached hydrogens (primary N) is 1. The maximum absolute atomic E-state index is 11.9. The molecule has 21 heavy (non-hydrogen) atoms. The first-order valence-corrected chi connectivity index (χ1v) is 6.70. The minimum absolute atomic E-state index is 0.0362. The first-order chi connectivity index (χ1) is 9.99. The van der Waals surface area contributed by atoms with Gasteiger partial charge in [-0.1, -0.05) is 5.21 Å². The number of anilines is 1. The van der Waals surface area contributed by atoms with Crippen LogP contribution in [0.5, 0.6) is 0 Å². The van der Waals surface area contributed by atoms with E-state index in [4.69, 9.17) is 10.8 Å². The predicted octanol–water partition coefficient (Wildman–Crippen LogP) is 0.836. The zero-order valence-corrected chi connectivity index (χ0v) is 12.4. The Hall–Kier alpha value is -2.26. The SMILES string of the molecule is NCc1cn(CC(=O)Nc2ccc(Br)c(C(=O)O)c2)nn1. The van der Waals surface area contributed by atoms with Crippen LogP contribution in [0.1, 0.15) is 16.1 Å². The molecule has 1 amide bonds. The van der Waals surface area contributed by atoms with Crippen LogP contribution in [0.25, 0.3) is 0 Å². The van der Waals surface area contributed by atoms with E-state index in [1.165, 1.54) is 10.7 Å². The first-order valence-electron chi connectivity index (χ1n) is 5.91. The summed E-state index contributed by atoms with van der Waals surface area (Å²) in [5.74, 6) is -1.43. The molecule has 0 atom stereocenters. The van der Waals surface area contributed by atoms with Crippen molar-refractivity contribution < 1.29 is 14.7 Å². The Morgan fingerprint density at radius 1 is 1.43 bits per heavy atom. The lowest BCUT2D eigenvalue weighted by molar-refractivity contribution is -0.116. The summed E-state index contributed by atoms with van der Waals surface area (Å²) in [6.07, 6.45) is 1.57. The predicted molar refractivity (Wildman–Crippen MR) is 77.6 cm³/mol. The van der Waals surface area contributed by atoms with Crippen molar-refractivity contribution in [2.45, 2.75) is 13.1 Å². The first kappa shape index (κ1) is 15.1. The number of nitrogens with one attached hydrogen (secondary N) is 1. The summed E-state index contributed by atoms with van der Waals surface area (Å²) in [6.45, 7) is 0.210. The number of hydrogen-bond donors (Lipinski definition) is 3. The van der Waals surface area contributed by atoms with Crippen LogP contribution in [0.15, 0.2) is 28.9 Å². The number of nitrogens with zero attached hydrogens (tertiary/aromatic N) is 3. The minimum Gasteiger partial charge on any atom is -0.478 e. The van der Waals surface area contributed by atoms with Crippen molar-refractivity contribution in [3.05, 3.63) is 40.1 Å². The zero-order valence-electron chi connectivity index (χ0n) is 10.8. The lowest BCUT2D eigenvalue weighted by Gasteiger charge is -2.07. The molecule has 1 heterocycles. The van der Waals surface area contributed by atoms with Gasteiger partial charge in [0.2, 0.25) is 5.91 Å². The molecule has 0 aliphatic heterocycles. The average molecular weight is 354 g/mol. The highest BCUT2D eigenvalue weighted by molar-refractivity contribution is 9.10. The van der Waals surface area contributed by atoms with Gasteiger partial charge in [-0.3, -0.25) is 4.79 Å². The summed E-state index contributed by atoms with van der Waals surface area (Å²) in [5.41, 5.74) is 6.44. The Bertz CT molecular complexity index is 685. The van der Waals surface area contributed by atoms with Crippen molar-refractivity contribution >= 4 is 33.5 Å². The maximum atomic E-state index is 11.9. The number of carboxylic acids is 1. The van der Waals surface area contributed by atoms with Gasteiger partial charge in [0, 0.05) is 16.7 Å². The number of amides is 1. The fourth-order valence-electron chi connectivity index (χ4n) is 1.62. The number of hydrogen-bond acceptors (Lipinski definition) is 5. The van der Waals surface area contributed by atoms with Gasteiger partial charge in [0.15, 0.2) is 0 Å². The molecule has 0 saturated heterocycles. The second-order valence-electron chi connectivity index (χ2n) is 4.16. The van der Waals surface area contributed by atoms with Crippen LogP contribution < -0.4 is 11.1 Å². The Kier molecular flexibility index (Phi) is 4.66. The van der Waals surface area contributed by atoms with E-state index in [0.29, 0.717) is 15.9 Å². The highest BCUT2D eigenvalue weighted by atomic mass is 79.9. The van der Waals surface area contributed by atoms with Crippen molar-refractivity contribution in [3.8, 4) is 0 Å². The Morgan fingerprint density at radius 3 is 2.81 bits per heavy atom. The normalized spacial score (nSPS) is 10.4. The third-order valence-corrected chi connectivity index (χ3v) is 3.27. The average Bonchev–Trinajstić information content (AvgIpc) is 2.88. The van der Waals surface area contributed by atoms with E-state index in [0.717, 1.165) is 0 Å². The van der Waals surface area contributed by atoms with Gasteiger partial charge in [-0.05, 0) is 34.1 Å². The smallest absolute Gasteiger partial charge is 0.336 e. The Morgan fingerprint density at radius 2 is 2.19 bits per heavy atom.